The van der Waals surface area contributed by atoms with Crippen molar-refractivity contribution in [3.05, 3.63) is 140 Å². The highest BCUT2D eigenvalue weighted by Crippen LogP contribution is 2.34. The first-order valence-corrected chi connectivity index (χ1v) is 38.9. The lowest BCUT2D eigenvalue weighted by Crippen LogP contribution is -2.67. The number of carboxylic acid groups (broad SMARTS) is 1. The van der Waals surface area contributed by atoms with Crippen molar-refractivity contribution < 1.29 is 38.4 Å². The second-order valence-electron chi connectivity index (χ2n) is 28.4. The Balaban J connectivity index is 0.000000185. The fraction of sp³-hybridized carbons (Fsp3) is 0.507. The number of esters is 1. The Labute approximate surface area is 683 Å². The van der Waals surface area contributed by atoms with Gasteiger partial charge in [0.25, 0.3) is 5.91 Å². The van der Waals surface area contributed by atoms with Crippen LogP contribution in [0.4, 0.5) is 17.8 Å². The van der Waals surface area contributed by atoms with Gasteiger partial charge in [0.05, 0.1) is 38.9 Å². The predicted molar refractivity (Wildman–Crippen MR) is 462 cm³/mol. The topological polar surface area (TPSA) is 231 Å². The molecule has 12 rings (SSSR count). The van der Waals surface area contributed by atoms with Gasteiger partial charge in [0.15, 0.2) is 0 Å². The normalized spacial score (nSPS) is 16.5. The van der Waals surface area contributed by atoms with Crippen molar-refractivity contribution in [2.24, 2.45) is 5.73 Å². The summed E-state index contributed by atoms with van der Waals surface area (Å²) >= 11 is 19.6. The molecule has 23 radical (unpaired) electrons. The molecule has 110 heavy (non-hydrogen) atoms. The largest absolute Gasteiger partial charge is 0.489 e. The van der Waals surface area contributed by atoms with Crippen molar-refractivity contribution in [1.82, 2.24) is 44.6 Å². The number of carbonyl (C=O) groups is 3. The number of carbonyl (C=O) groups excluding carboxylic acids is 2. The fourth-order valence-electron chi connectivity index (χ4n) is 13.5. The van der Waals surface area contributed by atoms with Crippen LogP contribution in [0.25, 0.3) is 0 Å². The Morgan fingerprint density at radius 3 is 0.982 bits per heavy atom. The molecule has 0 spiro atoms. The second kappa shape index (κ2) is 46.5. The van der Waals surface area contributed by atoms with Gasteiger partial charge < -0.3 is 44.5 Å². The zero-order valence-corrected chi connectivity index (χ0v) is 65.2. The average molecular weight is 1510 g/mol. The molecule has 0 bridgehead atoms. The van der Waals surface area contributed by atoms with Gasteiger partial charge in [0.2, 0.25) is 17.8 Å². The van der Waals surface area contributed by atoms with E-state index in [-0.39, 0.29) is 30.3 Å². The van der Waals surface area contributed by atoms with Crippen LogP contribution in [-0.2, 0) is 24.4 Å². The van der Waals surface area contributed by atoms with Gasteiger partial charge >= 0.3 is 11.9 Å². The minimum Gasteiger partial charge on any atom is -0.489 e. The molecule has 0 unspecified atom stereocenters. The van der Waals surface area contributed by atoms with Gasteiger partial charge in [0, 0.05) is 271 Å². The van der Waals surface area contributed by atoms with E-state index in [0.29, 0.717) is 44.0 Å². The molecule has 3 aromatic carbocycles. The zero-order chi connectivity index (χ0) is 79.2. The van der Waals surface area contributed by atoms with Crippen molar-refractivity contribution in [3.8, 4) is 17.2 Å². The predicted octanol–water partition coefficient (Wildman–Crippen LogP) is 3.84. The van der Waals surface area contributed by atoms with E-state index < -0.39 is 56.2 Å². The maximum atomic E-state index is 11.5. The summed E-state index contributed by atoms with van der Waals surface area (Å²) in [5.41, 5.74) is 9.70. The number of ether oxygens (including phenoxy) is 4. The molecule has 1 amide bonds. The third-order valence-electron chi connectivity index (χ3n) is 19.9. The molecule has 6 saturated heterocycles. The molecule has 3 N–H and O–H groups in total. The summed E-state index contributed by atoms with van der Waals surface area (Å²) in [6.45, 7) is 14.5. The number of amides is 1. The first-order chi connectivity index (χ1) is 52.8. The number of aromatic nitrogens is 6. The van der Waals surface area contributed by atoms with Gasteiger partial charge in [-0.15, -0.1) is 0 Å². The fourth-order valence-corrected chi connectivity index (χ4v) is 14.2. The van der Waals surface area contributed by atoms with E-state index in [9.17, 15) is 14.4 Å². The monoisotopic (exact) mass is 1510 g/mol. The van der Waals surface area contributed by atoms with Crippen molar-refractivity contribution >= 4 is 207 Å². The van der Waals surface area contributed by atoms with E-state index >= 15 is 0 Å². The lowest BCUT2D eigenvalue weighted by Gasteiger charge is -2.32. The third-order valence-corrected chi connectivity index (χ3v) is 20.8. The molecule has 21 nitrogen and oxygen atoms in total. The molecule has 3 aromatic heterocycles. The highest BCUT2D eigenvalue weighted by atomic mass is 35.5. The Hall–Kier alpha value is -5.91. The molecular weight excluding hydrogens is 1430 g/mol. The number of piperidine rings is 6. The molecule has 6 aliphatic rings. The Morgan fingerprint density at radius 1 is 0.455 bits per heavy atom. The SMILES string of the molecule is COC(=O)c1cnc(N2CCC(Oc3ccc(CN4CCCCC4)cc3Cl)CC2)nc1.NC(=O)c1cnc(N2CCC(Oc3ccc(CN4CCCCC4)cc3Cl)CC2)nc1.O=C(O)c1cnc(N2CCC(Oc3ccc(CN4CCCCC4)cc3Cl)CC2)nc1.[B]B([B])B([B])B(B([B])[B])B([B])[B].[B][B]B([B])B([B])[B]. The van der Waals surface area contributed by atoms with Crippen LogP contribution >= 0.6 is 34.8 Å². The highest BCUT2D eigenvalue weighted by molar-refractivity contribution is 8.05. The maximum Gasteiger partial charge on any atom is 0.341 e. The smallest absolute Gasteiger partial charge is 0.341 e. The minimum absolute atomic E-state index is 0.0880. The number of likely N-dealkylation sites (tertiary alicyclic amines) is 3. The summed E-state index contributed by atoms with van der Waals surface area (Å²) in [7, 11) is 60.8. The summed E-state index contributed by atoms with van der Waals surface area (Å²) in [6, 6.07) is 18.5. The number of hydrogen-bond acceptors (Lipinski definition) is 19. The van der Waals surface area contributed by atoms with Crippen molar-refractivity contribution in [3.63, 3.8) is 0 Å². The van der Waals surface area contributed by atoms with E-state index in [1.165, 1.54) is 152 Å². The first-order valence-electron chi connectivity index (χ1n) is 37.8. The minimum atomic E-state index is -1.02. The number of rotatable bonds is 24. The first kappa shape index (κ1) is 89.6. The van der Waals surface area contributed by atoms with Crippen LogP contribution < -0.4 is 34.6 Å². The lowest BCUT2D eigenvalue weighted by atomic mass is 8.53. The molecule has 6 fully saturated rings. The van der Waals surface area contributed by atoms with Gasteiger partial charge in [-0.25, -0.2) is 39.5 Å². The van der Waals surface area contributed by atoms with Crippen molar-refractivity contribution in [1.29, 1.82) is 0 Å². The number of methoxy groups -OCH3 is 1. The highest BCUT2D eigenvalue weighted by Gasteiger charge is 2.31. The van der Waals surface area contributed by atoms with Crippen LogP contribution in [0.15, 0.2) is 91.8 Å². The molecule has 9 heterocycles. The number of carboxylic acids is 1. The van der Waals surface area contributed by atoms with Gasteiger partial charge in [-0.1, -0.05) is 72.3 Å². The Morgan fingerprint density at radius 2 is 0.755 bits per heavy atom. The molecule has 6 aromatic rings. The van der Waals surface area contributed by atoms with Crippen LogP contribution in [0, 0.1) is 0 Å². The van der Waals surface area contributed by atoms with Crippen LogP contribution in [-0.4, -0.2) is 308 Å². The zero-order valence-electron chi connectivity index (χ0n) is 63.0. The molecular formula is C67H84B19Cl3N13O8. The summed E-state index contributed by atoms with van der Waals surface area (Å²) in [5, 5.41) is 11.0. The maximum absolute atomic E-state index is 11.5. The number of benzene rings is 3. The third kappa shape index (κ3) is 29.2. The number of hydrogen-bond donors (Lipinski definition) is 2. The van der Waals surface area contributed by atoms with E-state index in [1.54, 1.807) is 0 Å². The van der Waals surface area contributed by atoms with E-state index in [4.69, 9.17) is 145 Å². The van der Waals surface area contributed by atoms with Crippen LogP contribution in [0.2, 0.25) is 15.1 Å². The van der Waals surface area contributed by atoms with Gasteiger partial charge in [-0.3, -0.25) is 19.5 Å². The number of anilines is 3. The molecule has 43 heteroatoms. The number of nitrogens with two attached hydrogens (primary N) is 1. The van der Waals surface area contributed by atoms with Crippen LogP contribution in [0.1, 0.15) is 144 Å². The van der Waals surface area contributed by atoms with E-state index in [2.05, 4.69) is 82.2 Å². The van der Waals surface area contributed by atoms with Gasteiger partial charge in [-0.05, 0) is 131 Å². The van der Waals surface area contributed by atoms with Crippen molar-refractivity contribution in [2.45, 2.75) is 134 Å². The van der Waals surface area contributed by atoms with E-state index in [0.717, 1.165) is 128 Å². The van der Waals surface area contributed by atoms with Crippen molar-refractivity contribution in [2.75, 3.05) is 100 Å². The molecule has 6 aliphatic heterocycles. The van der Waals surface area contributed by atoms with Crippen LogP contribution in [0.5, 0.6) is 17.2 Å². The lowest BCUT2D eigenvalue weighted by molar-refractivity contribution is 0.0598. The van der Waals surface area contributed by atoms with E-state index in [1.807, 2.05) is 36.4 Å². The average Bonchev–Trinajstić information content (AvgIpc) is 0.840. The van der Waals surface area contributed by atoms with Gasteiger partial charge in [0.1, 0.15) is 35.6 Å². The molecule has 0 aliphatic carbocycles. The molecule has 543 valence electrons. The van der Waals surface area contributed by atoms with Crippen LogP contribution in [0.3, 0.4) is 0 Å². The summed E-state index contributed by atoms with van der Waals surface area (Å²) < 4.78 is 23.3. The second-order valence-corrected chi connectivity index (χ2v) is 29.6. The van der Waals surface area contributed by atoms with Gasteiger partial charge in [-0.2, -0.15) is 0 Å². The number of aromatic carboxylic acids is 1. The Bertz CT molecular complexity index is 3620. The number of nitrogens with zero attached hydrogens (tertiary/aromatic N) is 12. The number of primary amides is 1. The molecule has 0 atom stereocenters. The number of halogens is 3. The molecule has 0 saturated carbocycles. The summed E-state index contributed by atoms with van der Waals surface area (Å²) in [4.78, 5) is 72.8. The standard InChI is InChI=1S/C23H29ClN4O3.C22H28ClN5O2.C22H27ClN4O3.B12.B7/c1-30-22(29)18-14-25-23(26-15-18)28-11-7-19(8-12-28)31-21-6-5-17(13-20(21)24)16-27-9-3-2-4-10-27;23-19-12-16(15-27-8-2-1-3-9-27)4-5-20(19)30-18-6-10-28(11-7-18)22-25-13-17(14-26-22)21(24)29;23-19-12-16(15-26-8-2-1-3-9-26)4-5-20(19)30-18-6-10-27(11-7-18)22-24-13-17(14-25-22)21(28)29;1-8(2)11(7)12(9(3)4)10(5)6;1-5-7(4)6(2)3/h5-6,13-15,19H,2-4,7-12,16H2,1H3;4-5,12-14,18H,1-3,6-11,15H2,(H2,24,29);4-5,12-14,18H,1-3,6-11,15H2,(H,28,29);;. The Kier molecular flexibility index (Phi) is 37.9. The summed E-state index contributed by atoms with van der Waals surface area (Å²) in [6.07, 6.45) is 21.6. The summed E-state index contributed by atoms with van der Waals surface area (Å²) in [5.74, 6) is 2.04. The quantitative estimate of drug-likeness (QED) is 0.0648.